The lowest BCUT2D eigenvalue weighted by Gasteiger charge is -2.20. The third-order valence-electron chi connectivity index (χ3n) is 4.62. The Morgan fingerprint density at radius 1 is 1.19 bits per heavy atom. The number of benzene rings is 2. The number of amides is 2. The van der Waals surface area contributed by atoms with Gasteiger partial charge in [0.15, 0.2) is 11.5 Å². The Morgan fingerprint density at radius 3 is 2.69 bits per heavy atom. The highest BCUT2D eigenvalue weighted by Crippen LogP contribution is 2.34. The van der Waals surface area contributed by atoms with Crippen molar-refractivity contribution in [1.82, 2.24) is 10.2 Å². The van der Waals surface area contributed by atoms with Crippen molar-refractivity contribution in [3.05, 3.63) is 65.7 Å². The molecule has 2 aromatic carbocycles. The molecule has 0 spiro atoms. The second-order valence-corrected chi connectivity index (χ2v) is 6.29. The highest BCUT2D eigenvalue weighted by molar-refractivity contribution is 6.10. The zero-order chi connectivity index (χ0) is 18.3. The van der Waals surface area contributed by atoms with Gasteiger partial charge in [-0.25, -0.2) is 0 Å². The molecule has 0 aliphatic carbocycles. The minimum absolute atomic E-state index is 0.0682. The third kappa shape index (κ3) is 2.69. The van der Waals surface area contributed by atoms with E-state index in [1.165, 1.54) is 4.90 Å². The topological polar surface area (TPSA) is 67.9 Å². The first-order valence-corrected chi connectivity index (χ1v) is 8.33. The van der Waals surface area contributed by atoms with Crippen LogP contribution < -0.4 is 14.8 Å². The van der Waals surface area contributed by atoms with Gasteiger partial charge in [-0.2, -0.15) is 0 Å². The first kappa shape index (κ1) is 16.2. The van der Waals surface area contributed by atoms with Crippen LogP contribution in [0.15, 0.2) is 49.0 Å². The Hall–Kier alpha value is -3.28. The van der Waals surface area contributed by atoms with Crippen LogP contribution in [0.2, 0.25) is 0 Å². The Bertz CT molecular complexity index is 887. The summed E-state index contributed by atoms with van der Waals surface area (Å²) in [5, 5.41) is 2.91. The molecule has 0 aromatic heterocycles. The molecule has 132 valence electrons. The average Bonchev–Trinajstić information content (AvgIpc) is 3.20. The van der Waals surface area contributed by atoms with Gasteiger partial charge in [0.25, 0.3) is 5.91 Å². The Labute approximate surface area is 151 Å². The summed E-state index contributed by atoms with van der Waals surface area (Å²) in [4.78, 5) is 26.3. The average molecular weight is 350 g/mol. The first-order chi connectivity index (χ1) is 12.5. The Kier molecular flexibility index (Phi) is 3.88. The SMILES string of the molecule is C=C1c2ccccc2C(=O)N1CC(=O)N[C@@H](C)c1ccc2c(c1)OCO2. The summed E-state index contributed by atoms with van der Waals surface area (Å²) in [5.41, 5.74) is 2.80. The molecule has 2 heterocycles. The van der Waals surface area contributed by atoms with Gasteiger partial charge in [0.1, 0.15) is 6.54 Å². The third-order valence-corrected chi connectivity index (χ3v) is 4.62. The number of fused-ring (bicyclic) bond motifs is 2. The molecule has 1 atom stereocenters. The molecule has 0 saturated carbocycles. The van der Waals surface area contributed by atoms with Gasteiger partial charge in [-0.15, -0.1) is 0 Å². The lowest BCUT2D eigenvalue weighted by atomic mass is 10.1. The van der Waals surface area contributed by atoms with E-state index in [1.54, 1.807) is 12.1 Å². The van der Waals surface area contributed by atoms with Crippen molar-refractivity contribution in [2.75, 3.05) is 13.3 Å². The molecule has 0 fully saturated rings. The number of rotatable bonds is 4. The van der Waals surface area contributed by atoms with Crippen molar-refractivity contribution in [2.45, 2.75) is 13.0 Å². The van der Waals surface area contributed by atoms with Crippen LogP contribution in [0.3, 0.4) is 0 Å². The van der Waals surface area contributed by atoms with Crippen molar-refractivity contribution in [3.8, 4) is 11.5 Å². The van der Waals surface area contributed by atoms with Crippen LogP contribution in [0.5, 0.6) is 11.5 Å². The van der Waals surface area contributed by atoms with Crippen molar-refractivity contribution in [3.63, 3.8) is 0 Å². The number of hydrogen-bond acceptors (Lipinski definition) is 4. The van der Waals surface area contributed by atoms with Crippen LogP contribution in [-0.4, -0.2) is 30.1 Å². The summed E-state index contributed by atoms with van der Waals surface area (Å²) < 4.78 is 10.7. The largest absolute Gasteiger partial charge is 0.454 e. The van der Waals surface area contributed by atoms with E-state index in [-0.39, 0.29) is 31.2 Å². The van der Waals surface area contributed by atoms with E-state index < -0.39 is 0 Å². The molecule has 2 aliphatic rings. The number of nitrogens with zero attached hydrogens (tertiary/aromatic N) is 1. The highest BCUT2D eigenvalue weighted by Gasteiger charge is 2.32. The minimum atomic E-state index is -0.252. The van der Waals surface area contributed by atoms with E-state index in [4.69, 9.17) is 9.47 Å². The van der Waals surface area contributed by atoms with E-state index in [0.29, 0.717) is 22.8 Å². The molecule has 2 aliphatic heterocycles. The molecule has 0 saturated heterocycles. The fourth-order valence-electron chi connectivity index (χ4n) is 3.20. The molecule has 0 unspecified atom stereocenters. The zero-order valence-corrected chi connectivity index (χ0v) is 14.3. The first-order valence-electron chi connectivity index (χ1n) is 8.33. The summed E-state index contributed by atoms with van der Waals surface area (Å²) in [7, 11) is 0. The molecular weight excluding hydrogens is 332 g/mol. The van der Waals surface area contributed by atoms with E-state index in [1.807, 2.05) is 37.3 Å². The van der Waals surface area contributed by atoms with Gasteiger partial charge < -0.3 is 14.8 Å². The lowest BCUT2D eigenvalue weighted by molar-refractivity contribution is -0.121. The number of carbonyl (C=O) groups is 2. The monoisotopic (exact) mass is 350 g/mol. The summed E-state index contributed by atoms with van der Waals surface area (Å²) in [6.45, 7) is 5.97. The van der Waals surface area contributed by atoms with Crippen molar-refractivity contribution < 1.29 is 19.1 Å². The van der Waals surface area contributed by atoms with Crippen LogP contribution in [0.25, 0.3) is 5.70 Å². The highest BCUT2D eigenvalue weighted by atomic mass is 16.7. The maximum Gasteiger partial charge on any atom is 0.259 e. The van der Waals surface area contributed by atoms with Crippen LogP contribution in [0, 0.1) is 0 Å². The molecule has 6 nitrogen and oxygen atoms in total. The number of ether oxygens (including phenoxy) is 2. The standard InChI is InChI=1S/C20H18N2O4/c1-12(14-7-8-17-18(9-14)26-11-25-17)21-19(23)10-22-13(2)15-5-3-4-6-16(15)20(22)24/h3-9,12H,2,10-11H2,1H3,(H,21,23)/t12-/m0/s1. The fourth-order valence-corrected chi connectivity index (χ4v) is 3.20. The molecule has 0 bridgehead atoms. The molecule has 2 amide bonds. The molecule has 1 N–H and O–H groups in total. The summed E-state index contributed by atoms with van der Waals surface area (Å²) in [6, 6.07) is 12.6. The Morgan fingerprint density at radius 2 is 1.92 bits per heavy atom. The van der Waals surface area contributed by atoms with Gasteiger partial charge in [-0.3, -0.25) is 14.5 Å². The van der Waals surface area contributed by atoms with Gasteiger partial charge in [-0.05, 0) is 30.7 Å². The Balaban J connectivity index is 1.43. The van der Waals surface area contributed by atoms with E-state index in [9.17, 15) is 9.59 Å². The maximum atomic E-state index is 12.5. The number of hydrogen-bond donors (Lipinski definition) is 1. The fraction of sp³-hybridized carbons (Fsp3) is 0.200. The molecule has 4 rings (SSSR count). The summed E-state index contributed by atoms with van der Waals surface area (Å²) in [6.07, 6.45) is 0. The number of nitrogens with one attached hydrogen (secondary N) is 1. The van der Waals surface area contributed by atoms with E-state index in [0.717, 1.165) is 11.1 Å². The normalized spacial score (nSPS) is 15.8. The maximum absolute atomic E-state index is 12.5. The van der Waals surface area contributed by atoms with Crippen LogP contribution in [0.1, 0.15) is 34.5 Å². The van der Waals surface area contributed by atoms with Crippen molar-refractivity contribution >= 4 is 17.5 Å². The smallest absolute Gasteiger partial charge is 0.259 e. The van der Waals surface area contributed by atoms with Gasteiger partial charge in [-0.1, -0.05) is 30.8 Å². The van der Waals surface area contributed by atoms with Crippen LogP contribution in [-0.2, 0) is 4.79 Å². The lowest BCUT2D eigenvalue weighted by Crippen LogP contribution is -2.37. The van der Waals surface area contributed by atoms with Gasteiger partial charge in [0, 0.05) is 16.8 Å². The van der Waals surface area contributed by atoms with Gasteiger partial charge >= 0.3 is 0 Å². The molecular formula is C20H18N2O4. The minimum Gasteiger partial charge on any atom is -0.454 e. The van der Waals surface area contributed by atoms with Gasteiger partial charge in [0.2, 0.25) is 12.7 Å². The second-order valence-electron chi connectivity index (χ2n) is 6.29. The molecule has 0 radical (unpaired) electrons. The molecule has 2 aromatic rings. The predicted molar refractivity (Wildman–Crippen MR) is 95.6 cm³/mol. The van der Waals surface area contributed by atoms with Crippen molar-refractivity contribution in [1.29, 1.82) is 0 Å². The van der Waals surface area contributed by atoms with Crippen LogP contribution in [0.4, 0.5) is 0 Å². The molecule has 6 heteroatoms. The van der Waals surface area contributed by atoms with E-state index >= 15 is 0 Å². The summed E-state index contributed by atoms with van der Waals surface area (Å²) >= 11 is 0. The predicted octanol–water partition coefficient (Wildman–Crippen LogP) is 2.72. The zero-order valence-electron chi connectivity index (χ0n) is 14.3. The van der Waals surface area contributed by atoms with Gasteiger partial charge in [0.05, 0.1) is 6.04 Å². The van der Waals surface area contributed by atoms with Crippen molar-refractivity contribution in [2.24, 2.45) is 0 Å². The van der Waals surface area contributed by atoms with E-state index in [2.05, 4.69) is 11.9 Å². The quantitative estimate of drug-likeness (QED) is 0.921. The summed E-state index contributed by atoms with van der Waals surface area (Å²) in [5.74, 6) is 0.917. The number of carbonyl (C=O) groups excluding carboxylic acids is 2. The van der Waals surface area contributed by atoms with Crippen LogP contribution >= 0.6 is 0 Å². The second kappa shape index (κ2) is 6.22. The molecule has 26 heavy (non-hydrogen) atoms.